The van der Waals surface area contributed by atoms with Crippen LogP contribution in [0.1, 0.15) is 24.0 Å². The number of likely N-dealkylation sites (N-methyl/N-ethyl adjacent to an activating group) is 1. The molecule has 1 aromatic rings. The number of nitrogens with one attached hydrogen (secondary N) is 2. The summed E-state index contributed by atoms with van der Waals surface area (Å²) in [6, 6.07) is 6.55. The van der Waals surface area contributed by atoms with Crippen LogP contribution in [0.3, 0.4) is 0 Å². The van der Waals surface area contributed by atoms with Crippen molar-refractivity contribution >= 4 is 29.9 Å². The van der Waals surface area contributed by atoms with Crippen molar-refractivity contribution in [3.05, 3.63) is 29.3 Å². The van der Waals surface area contributed by atoms with Crippen molar-refractivity contribution in [1.82, 2.24) is 20.4 Å². The molecule has 0 amide bonds. The molecule has 2 heterocycles. The van der Waals surface area contributed by atoms with E-state index in [2.05, 4.69) is 50.7 Å². The molecule has 2 aliphatic rings. The molecule has 0 spiro atoms. The molecular formula is C21H36IN5O. The zero-order valence-corrected chi connectivity index (χ0v) is 19.7. The van der Waals surface area contributed by atoms with E-state index in [1.807, 2.05) is 7.05 Å². The van der Waals surface area contributed by atoms with Crippen LogP contribution in [0.5, 0.6) is 5.75 Å². The van der Waals surface area contributed by atoms with Crippen molar-refractivity contribution in [1.29, 1.82) is 0 Å². The van der Waals surface area contributed by atoms with E-state index in [9.17, 15) is 0 Å². The molecule has 1 saturated heterocycles. The summed E-state index contributed by atoms with van der Waals surface area (Å²) in [5.74, 6) is 1.96. The lowest BCUT2D eigenvalue weighted by Crippen LogP contribution is -2.44. The largest absolute Gasteiger partial charge is 0.493 e. The second-order valence-corrected chi connectivity index (χ2v) is 7.57. The van der Waals surface area contributed by atoms with Crippen LogP contribution >= 0.6 is 24.0 Å². The van der Waals surface area contributed by atoms with Crippen molar-refractivity contribution in [3.8, 4) is 5.75 Å². The van der Waals surface area contributed by atoms with Gasteiger partial charge < -0.3 is 25.2 Å². The van der Waals surface area contributed by atoms with E-state index in [-0.39, 0.29) is 24.0 Å². The average molecular weight is 501 g/mol. The third kappa shape index (κ3) is 7.40. The molecular weight excluding hydrogens is 465 g/mol. The Kier molecular flexibility index (Phi) is 10.4. The van der Waals surface area contributed by atoms with Crippen LogP contribution in [0.4, 0.5) is 0 Å². The number of benzene rings is 1. The standard InChI is InChI=1S/C21H35N5O.HI/c1-22-21(23-9-3-4-11-26-14-12-25(2)13-15-26)24-10-7-18-5-6-20-19(17-18)8-16-27-20;/h5-6,17H,3-4,7-16H2,1-2H3,(H2,22,23,24);1H. The van der Waals surface area contributed by atoms with Crippen LogP contribution in [0.25, 0.3) is 0 Å². The quantitative estimate of drug-likeness (QED) is 0.247. The smallest absolute Gasteiger partial charge is 0.190 e. The van der Waals surface area contributed by atoms with Gasteiger partial charge in [0.05, 0.1) is 6.61 Å². The van der Waals surface area contributed by atoms with Gasteiger partial charge in [-0.1, -0.05) is 12.1 Å². The predicted molar refractivity (Wildman–Crippen MR) is 127 cm³/mol. The first-order valence-electron chi connectivity index (χ1n) is 10.3. The molecule has 1 fully saturated rings. The molecule has 0 aromatic heterocycles. The molecule has 1 aromatic carbocycles. The number of aliphatic imine (C=N–C) groups is 1. The maximum atomic E-state index is 5.57. The first-order chi connectivity index (χ1) is 13.2. The van der Waals surface area contributed by atoms with Crippen LogP contribution in [0, 0.1) is 0 Å². The van der Waals surface area contributed by atoms with E-state index in [0.29, 0.717) is 0 Å². The molecule has 0 bridgehead atoms. The lowest BCUT2D eigenvalue weighted by Gasteiger charge is -2.32. The highest BCUT2D eigenvalue weighted by molar-refractivity contribution is 14.0. The summed E-state index contributed by atoms with van der Waals surface area (Å²) in [6.07, 6.45) is 4.45. The number of piperazine rings is 1. The Morgan fingerprint density at radius 2 is 1.89 bits per heavy atom. The molecule has 0 unspecified atom stereocenters. The van der Waals surface area contributed by atoms with E-state index >= 15 is 0 Å². The number of guanidine groups is 1. The monoisotopic (exact) mass is 501 g/mol. The summed E-state index contributed by atoms with van der Waals surface area (Å²) in [5, 5.41) is 6.86. The minimum atomic E-state index is 0. The van der Waals surface area contributed by atoms with Gasteiger partial charge in [0.2, 0.25) is 0 Å². The number of hydrogen-bond donors (Lipinski definition) is 2. The van der Waals surface area contributed by atoms with E-state index in [4.69, 9.17) is 4.74 Å². The number of rotatable bonds is 8. The fraction of sp³-hybridized carbons (Fsp3) is 0.667. The van der Waals surface area contributed by atoms with Gasteiger partial charge in [0, 0.05) is 52.7 Å². The molecule has 158 valence electrons. The molecule has 2 aliphatic heterocycles. The topological polar surface area (TPSA) is 52.1 Å². The van der Waals surface area contributed by atoms with E-state index < -0.39 is 0 Å². The SMILES string of the molecule is CN=C(NCCCCN1CCN(C)CC1)NCCc1ccc2c(c1)CCO2.I. The Bertz CT molecular complexity index is 617. The van der Waals surface area contributed by atoms with Gasteiger partial charge in [0.1, 0.15) is 5.75 Å². The van der Waals surface area contributed by atoms with Crippen molar-refractivity contribution < 1.29 is 4.74 Å². The number of unbranched alkanes of at least 4 members (excludes halogenated alkanes) is 1. The van der Waals surface area contributed by atoms with Crippen molar-refractivity contribution in [2.75, 3.05) is 66.5 Å². The third-order valence-electron chi connectivity index (χ3n) is 5.47. The summed E-state index contributed by atoms with van der Waals surface area (Å²) in [5.41, 5.74) is 2.70. The van der Waals surface area contributed by atoms with Gasteiger partial charge in [-0.25, -0.2) is 0 Å². The molecule has 2 N–H and O–H groups in total. The fourth-order valence-corrected chi connectivity index (χ4v) is 3.68. The Hall–Kier alpha value is -1.06. The molecule has 0 saturated carbocycles. The van der Waals surface area contributed by atoms with Crippen LogP contribution < -0.4 is 15.4 Å². The summed E-state index contributed by atoms with van der Waals surface area (Å²) < 4.78 is 5.57. The number of nitrogens with zero attached hydrogens (tertiary/aromatic N) is 3. The van der Waals surface area contributed by atoms with Crippen molar-refractivity contribution in [2.24, 2.45) is 4.99 Å². The van der Waals surface area contributed by atoms with Gasteiger partial charge in [0.25, 0.3) is 0 Å². The maximum absolute atomic E-state index is 5.57. The highest BCUT2D eigenvalue weighted by Crippen LogP contribution is 2.25. The third-order valence-corrected chi connectivity index (χ3v) is 5.47. The molecule has 3 rings (SSSR count). The van der Waals surface area contributed by atoms with Gasteiger partial charge >= 0.3 is 0 Å². The van der Waals surface area contributed by atoms with Crippen LogP contribution in [-0.2, 0) is 12.8 Å². The zero-order valence-electron chi connectivity index (χ0n) is 17.4. The lowest BCUT2D eigenvalue weighted by molar-refractivity contribution is 0.152. The van der Waals surface area contributed by atoms with Crippen molar-refractivity contribution in [2.45, 2.75) is 25.7 Å². The molecule has 6 nitrogen and oxygen atoms in total. The summed E-state index contributed by atoms with van der Waals surface area (Å²) >= 11 is 0. The van der Waals surface area contributed by atoms with Crippen LogP contribution in [-0.4, -0.2) is 82.3 Å². The second kappa shape index (κ2) is 12.5. The van der Waals surface area contributed by atoms with E-state index in [0.717, 1.165) is 44.2 Å². The highest BCUT2D eigenvalue weighted by Gasteiger charge is 2.13. The van der Waals surface area contributed by atoms with E-state index in [1.54, 1.807) is 0 Å². The molecule has 0 atom stereocenters. The minimum absolute atomic E-state index is 0. The van der Waals surface area contributed by atoms with Gasteiger partial charge in [-0.05, 0) is 50.0 Å². The number of halogens is 1. The molecule has 0 aliphatic carbocycles. The van der Waals surface area contributed by atoms with Crippen LogP contribution in [0.2, 0.25) is 0 Å². The zero-order chi connectivity index (χ0) is 18.9. The number of hydrogen-bond acceptors (Lipinski definition) is 4. The van der Waals surface area contributed by atoms with Crippen LogP contribution in [0.15, 0.2) is 23.2 Å². The van der Waals surface area contributed by atoms with E-state index in [1.165, 1.54) is 56.7 Å². The Balaban J connectivity index is 0.00000280. The first kappa shape index (κ1) is 23.2. The lowest BCUT2D eigenvalue weighted by atomic mass is 10.1. The Morgan fingerprint density at radius 1 is 1.11 bits per heavy atom. The normalized spacial score (nSPS) is 17.6. The Labute approximate surface area is 187 Å². The number of fused-ring (bicyclic) bond motifs is 1. The van der Waals surface area contributed by atoms with Crippen molar-refractivity contribution in [3.63, 3.8) is 0 Å². The van der Waals surface area contributed by atoms with Gasteiger partial charge in [-0.3, -0.25) is 4.99 Å². The number of ether oxygens (including phenoxy) is 1. The minimum Gasteiger partial charge on any atom is -0.493 e. The molecule has 28 heavy (non-hydrogen) atoms. The average Bonchev–Trinajstić information content (AvgIpc) is 3.15. The second-order valence-electron chi connectivity index (χ2n) is 7.57. The van der Waals surface area contributed by atoms with Gasteiger partial charge in [-0.2, -0.15) is 0 Å². The highest BCUT2D eigenvalue weighted by atomic mass is 127. The molecule has 7 heteroatoms. The summed E-state index contributed by atoms with van der Waals surface area (Å²) in [7, 11) is 4.05. The first-order valence-corrected chi connectivity index (χ1v) is 10.3. The van der Waals surface area contributed by atoms with Gasteiger partial charge in [-0.15, -0.1) is 24.0 Å². The summed E-state index contributed by atoms with van der Waals surface area (Å²) in [4.78, 5) is 9.32. The predicted octanol–water partition coefficient (Wildman–Crippen LogP) is 1.97. The maximum Gasteiger partial charge on any atom is 0.190 e. The van der Waals surface area contributed by atoms with Gasteiger partial charge in [0.15, 0.2) is 5.96 Å². The Morgan fingerprint density at radius 3 is 2.68 bits per heavy atom. The fourth-order valence-electron chi connectivity index (χ4n) is 3.68. The molecule has 0 radical (unpaired) electrons. The summed E-state index contributed by atoms with van der Waals surface area (Å²) in [6.45, 7) is 8.72.